The molecule has 0 radical (unpaired) electrons. The van der Waals surface area contributed by atoms with E-state index in [0.717, 1.165) is 18.4 Å². The van der Waals surface area contributed by atoms with Crippen molar-refractivity contribution in [1.82, 2.24) is 9.88 Å². The van der Waals surface area contributed by atoms with Gasteiger partial charge >= 0.3 is 6.03 Å². The Morgan fingerprint density at radius 2 is 2.11 bits per heavy atom. The molecule has 2 aliphatic heterocycles. The summed E-state index contributed by atoms with van der Waals surface area (Å²) in [7, 11) is 0. The summed E-state index contributed by atoms with van der Waals surface area (Å²) in [5.74, 6) is 0.242. The molecule has 0 aromatic carbocycles. The number of aromatic nitrogens is 1. The third kappa shape index (κ3) is 1.72. The summed E-state index contributed by atoms with van der Waals surface area (Å²) >= 11 is 6.00. The van der Waals surface area contributed by atoms with Gasteiger partial charge in [0, 0.05) is 6.54 Å². The zero-order chi connectivity index (χ0) is 13.7. The molecular weight excluding hydrogens is 266 g/mol. The highest BCUT2D eigenvalue weighted by molar-refractivity contribution is 6.31. The number of fused-ring (bicyclic) bond motifs is 1. The van der Waals surface area contributed by atoms with Gasteiger partial charge in [-0.1, -0.05) is 11.6 Å². The molecule has 100 valence electrons. The fourth-order valence-electron chi connectivity index (χ4n) is 2.70. The number of imide groups is 1. The lowest BCUT2D eigenvalue weighted by atomic mass is 10.2. The number of urea groups is 1. The van der Waals surface area contributed by atoms with Gasteiger partial charge in [-0.2, -0.15) is 0 Å². The first-order valence-corrected chi connectivity index (χ1v) is 6.67. The monoisotopic (exact) mass is 279 g/mol. The molecule has 2 saturated heterocycles. The molecule has 3 amide bonds. The van der Waals surface area contributed by atoms with Crippen LogP contribution in [0.3, 0.4) is 0 Å². The summed E-state index contributed by atoms with van der Waals surface area (Å²) in [6.45, 7) is 4.21. The number of rotatable bonds is 1. The Bertz CT molecular complexity index is 565. The topological polar surface area (TPSA) is 53.5 Å². The fourth-order valence-corrected chi connectivity index (χ4v) is 2.91. The molecule has 0 spiro atoms. The molecule has 3 rings (SSSR count). The lowest BCUT2D eigenvalue weighted by Crippen LogP contribution is -2.34. The maximum Gasteiger partial charge on any atom is 0.333 e. The highest BCUT2D eigenvalue weighted by atomic mass is 35.5. The molecule has 1 atom stereocenters. The molecule has 1 aromatic rings. The Kier molecular flexibility index (Phi) is 2.74. The fraction of sp³-hybridized carbons (Fsp3) is 0.462. The predicted octanol–water partition coefficient (Wildman–Crippen LogP) is 2.28. The van der Waals surface area contributed by atoms with Crippen LogP contribution in [-0.2, 0) is 4.79 Å². The third-order valence-electron chi connectivity index (χ3n) is 3.72. The molecule has 0 aliphatic carbocycles. The van der Waals surface area contributed by atoms with Crippen LogP contribution in [0.2, 0.25) is 5.02 Å². The molecule has 2 fully saturated rings. The van der Waals surface area contributed by atoms with Gasteiger partial charge in [0.25, 0.3) is 5.91 Å². The van der Waals surface area contributed by atoms with Crippen LogP contribution >= 0.6 is 11.6 Å². The smallest absolute Gasteiger partial charge is 0.312 e. The average molecular weight is 280 g/mol. The Labute approximate surface area is 116 Å². The summed E-state index contributed by atoms with van der Waals surface area (Å²) in [4.78, 5) is 31.8. The number of hydrogen-bond donors (Lipinski definition) is 0. The normalized spacial score (nSPS) is 22.4. The second-order valence-corrected chi connectivity index (χ2v) is 5.41. The van der Waals surface area contributed by atoms with E-state index in [0.29, 0.717) is 23.1 Å². The highest BCUT2D eigenvalue weighted by Gasteiger charge is 2.48. The number of carbonyl (C=O) groups is 2. The van der Waals surface area contributed by atoms with Crippen LogP contribution in [0.1, 0.15) is 24.1 Å². The number of hydrogen-bond acceptors (Lipinski definition) is 3. The van der Waals surface area contributed by atoms with E-state index in [2.05, 4.69) is 4.98 Å². The highest BCUT2D eigenvalue weighted by Crippen LogP contribution is 2.33. The van der Waals surface area contributed by atoms with Gasteiger partial charge in [0.1, 0.15) is 11.9 Å². The SMILES string of the molecule is Cc1cc(Cl)c(C)nc1N1C(=O)C2CCCN2C1=O. The van der Waals surface area contributed by atoms with Crippen LogP contribution in [0.4, 0.5) is 10.6 Å². The average Bonchev–Trinajstić information content (AvgIpc) is 2.91. The van der Waals surface area contributed by atoms with Crippen LogP contribution in [-0.4, -0.2) is 34.4 Å². The number of amides is 3. The second kappa shape index (κ2) is 4.20. The zero-order valence-electron chi connectivity index (χ0n) is 10.8. The number of carbonyl (C=O) groups excluding carboxylic acids is 2. The minimum Gasteiger partial charge on any atom is -0.312 e. The summed E-state index contributed by atoms with van der Waals surface area (Å²) in [5, 5.41) is 0.542. The van der Waals surface area contributed by atoms with Gasteiger partial charge in [0.15, 0.2) is 0 Å². The Balaban J connectivity index is 2.06. The van der Waals surface area contributed by atoms with Gasteiger partial charge in [-0.3, -0.25) is 4.79 Å². The van der Waals surface area contributed by atoms with Crippen LogP contribution < -0.4 is 4.90 Å². The van der Waals surface area contributed by atoms with Gasteiger partial charge in [-0.25, -0.2) is 14.7 Å². The molecule has 0 saturated carbocycles. The molecule has 19 heavy (non-hydrogen) atoms. The molecule has 1 aromatic heterocycles. The Hall–Kier alpha value is -1.62. The summed E-state index contributed by atoms with van der Waals surface area (Å²) in [5.41, 5.74) is 1.35. The Morgan fingerprint density at radius 3 is 2.79 bits per heavy atom. The molecule has 3 heterocycles. The van der Waals surface area contributed by atoms with Crippen molar-refractivity contribution >= 4 is 29.4 Å². The number of aryl methyl sites for hydroxylation is 2. The van der Waals surface area contributed by atoms with E-state index in [1.54, 1.807) is 24.8 Å². The van der Waals surface area contributed by atoms with Crippen molar-refractivity contribution in [2.24, 2.45) is 0 Å². The van der Waals surface area contributed by atoms with Crippen molar-refractivity contribution < 1.29 is 9.59 Å². The molecule has 5 nitrogen and oxygen atoms in total. The minimum atomic E-state index is -0.301. The van der Waals surface area contributed by atoms with E-state index in [-0.39, 0.29) is 18.0 Å². The van der Waals surface area contributed by atoms with Crippen molar-refractivity contribution in [2.75, 3.05) is 11.4 Å². The number of anilines is 1. The molecule has 6 heteroatoms. The lowest BCUT2D eigenvalue weighted by Gasteiger charge is -2.17. The van der Waals surface area contributed by atoms with Crippen LogP contribution in [0, 0.1) is 13.8 Å². The van der Waals surface area contributed by atoms with E-state index in [4.69, 9.17) is 11.6 Å². The lowest BCUT2D eigenvalue weighted by molar-refractivity contribution is -0.119. The molecule has 2 aliphatic rings. The molecule has 0 bridgehead atoms. The van der Waals surface area contributed by atoms with E-state index in [1.807, 2.05) is 0 Å². The number of nitrogens with zero attached hydrogens (tertiary/aromatic N) is 3. The largest absolute Gasteiger partial charge is 0.333 e. The zero-order valence-corrected chi connectivity index (χ0v) is 11.6. The molecular formula is C13H14ClN3O2. The first-order valence-electron chi connectivity index (χ1n) is 6.29. The van der Waals surface area contributed by atoms with Crippen LogP contribution in [0.25, 0.3) is 0 Å². The van der Waals surface area contributed by atoms with Crippen LogP contribution in [0.5, 0.6) is 0 Å². The summed E-state index contributed by atoms with van der Waals surface area (Å²) in [6.07, 6.45) is 1.63. The third-order valence-corrected chi connectivity index (χ3v) is 4.10. The summed E-state index contributed by atoms with van der Waals surface area (Å²) < 4.78 is 0. The molecule has 0 N–H and O–H groups in total. The maximum atomic E-state index is 12.3. The van der Waals surface area contributed by atoms with Crippen molar-refractivity contribution in [1.29, 1.82) is 0 Å². The van der Waals surface area contributed by atoms with Crippen molar-refractivity contribution in [3.8, 4) is 0 Å². The standard InChI is InChI=1S/C13H14ClN3O2/c1-7-6-9(14)8(2)15-11(7)17-12(18)10-4-3-5-16(10)13(17)19/h6,10H,3-5H2,1-2H3. The van der Waals surface area contributed by atoms with E-state index in [9.17, 15) is 9.59 Å². The van der Waals surface area contributed by atoms with Gasteiger partial charge < -0.3 is 4.90 Å². The van der Waals surface area contributed by atoms with Crippen LogP contribution in [0.15, 0.2) is 6.07 Å². The minimum absolute atomic E-state index is 0.167. The number of halogens is 1. The number of pyridine rings is 1. The van der Waals surface area contributed by atoms with E-state index in [1.165, 1.54) is 4.90 Å². The van der Waals surface area contributed by atoms with E-state index < -0.39 is 0 Å². The van der Waals surface area contributed by atoms with Gasteiger partial charge in [-0.05, 0) is 38.3 Å². The van der Waals surface area contributed by atoms with Gasteiger partial charge in [0.05, 0.1) is 10.7 Å². The van der Waals surface area contributed by atoms with Crippen molar-refractivity contribution in [2.45, 2.75) is 32.7 Å². The second-order valence-electron chi connectivity index (χ2n) is 5.00. The predicted molar refractivity (Wildman–Crippen MR) is 71.3 cm³/mol. The van der Waals surface area contributed by atoms with Gasteiger partial charge in [0.2, 0.25) is 0 Å². The first kappa shape index (κ1) is 12.4. The van der Waals surface area contributed by atoms with Gasteiger partial charge in [-0.15, -0.1) is 0 Å². The quantitative estimate of drug-likeness (QED) is 0.741. The van der Waals surface area contributed by atoms with E-state index >= 15 is 0 Å². The van der Waals surface area contributed by atoms with Crippen molar-refractivity contribution in [3.63, 3.8) is 0 Å². The maximum absolute atomic E-state index is 12.3. The Morgan fingerprint density at radius 1 is 1.37 bits per heavy atom. The van der Waals surface area contributed by atoms with Crippen molar-refractivity contribution in [3.05, 3.63) is 22.3 Å². The molecule has 1 unspecified atom stereocenters. The summed E-state index contributed by atoms with van der Waals surface area (Å²) in [6, 6.07) is 1.18. The first-order chi connectivity index (χ1) is 9.00.